The normalized spacial score (nSPS) is 12.3. The molecule has 31 heavy (non-hydrogen) atoms. The van der Waals surface area contributed by atoms with Gasteiger partial charge in [0, 0.05) is 5.69 Å². The fourth-order valence-corrected chi connectivity index (χ4v) is 4.38. The van der Waals surface area contributed by atoms with E-state index in [0.717, 1.165) is 17.0 Å². The van der Waals surface area contributed by atoms with E-state index < -0.39 is 0 Å². The fraction of sp³-hybridized carbons (Fsp3) is 0.130. The van der Waals surface area contributed by atoms with Crippen molar-refractivity contribution >= 4 is 22.7 Å². The Labute approximate surface area is 182 Å². The van der Waals surface area contributed by atoms with Gasteiger partial charge in [-0.05, 0) is 44.2 Å². The Morgan fingerprint density at radius 2 is 1.81 bits per heavy atom. The third kappa shape index (κ3) is 3.55. The molecule has 5 rings (SSSR count). The summed E-state index contributed by atoms with van der Waals surface area (Å²) < 4.78 is 7.48. The summed E-state index contributed by atoms with van der Waals surface area (Å²) >= 11 is 1.49. The zero-order valence-corrected chi connectivity index (χ0v) is 17.8. The minimum atomic E-state index is -0.151. The zero-order valence-electron chi connectivity index (χ0n) is 16.9. The van der Waals surface area contributed by atoms with Crippen LogP contribution in [0.4, 0.5) is 0 Å². The molecule has 1 N–H and O–H groups in total. The number of furan rings is 1. The molecular weight excluding hydrogens is 410 g/mol. The van der Waals surface area contributed by atoms with Crippen molar-refractivity contribution in [2.24, 2.45) is 0 Å². The third-order valence-electron chi connectivity index (χ3n) is 5.05. The van der Waals surface area contributed by atoms with E-state index in [2.05, 4.69) is 20.2 Å². The van der Waals surface area contributed by atoms with E-state index >= 15 is 0 Å². The lowest BCUT2D eigenvalue weighted by Gasteiger charge is -2.13. The highest BCUT2D eigenvalue weighted by molar-refractivity contribution is 7.99. The van der Waals surface area contributed by atoms with Crippen molar-refractivity contribution in [3.8, 4) is 17.1 Å². The van der Waals surface area contributed by atoms with Gasteiger partial charge in [0.2, 0.25) is 0 Å². The Morgan fingerprint density at radius 1 is 1.03 bits per heavy atom. The van der Waals surface area contributed by atoms with Crippen molar-refractivity contribution in [2.75, 3.05) is 0 Å². The van der Waals surface area contributed by atoms with Crippen molar-refractivity contribution in [3.63, 3.8) is 0 Å². The first-order chi connectivity index (χ1) is 15.1. The van der Waals surface area contributed by atoms with Crippen molar-refractivity contribution < 1.29 is 4.42 Å². The molecule has 8 heteroatoms. The van der Waals surface area contributed by atoms with Crippen LogP contribution in [0.3, 0.4) is 0 Å². The van der Waals surface area contributed by atoms with Gasteiger partial charge in [0.15, 0.2) is 11.0 Å². The molecule has 5 aromatic rings. The standard InChI is InChI=1S/C23H19N5O2S/c1-14-17(12-13-30-14)21-26-27-23(28(21)16-8-4-3-5-9-16)31-15(2)20-24-19-11-7-6-10-18(19)22(29)25-20/h3-13,15H,1-2H3,(H,24,25,29). The molecule has 0 aliphatic rings. The molecule has 0 radical (unpaired) electrons. The molecule has 0 spiro atoms. The van der Waals surface area contributed by atoms with Crippen LogP contribution in [-0.4, -0.2) is 24.7 Å². The minimum Gasteiger partial charge on any atom is -0.469 e. The number of thioether (sulfide) groups is 1. The molecule has 1 atom stereocenters. The SMILES string of the molecule is Cc1occc1-c1nnc(SC(C)c2nc3ccccc3c(=O)[nH]2)n1-c1ccccc1. The lowest BCUT2D eigenvalue weighted by molar-refractivity contribution is 0.535. The topological polar surface area (TPSA) is 89.6 Å². The van der Waals surface area contributed by atoms with Gasteiger partial charge in [0.05, 0.1) is 28.0 Å². The van der Waals surface area contributed by atoms with Crippen LogP contribution in [0, 0.1) is 6.92 Å². The van der Waals surface area contributed by atoms with E-state index in [0.29, 0.717) is 27.7 Å². The van der Waals surface area contributed by atoms with Gasteiger partial charge in [-0.15, -0.1) is 10.2 Å². The van der Waals surface area contributed by atoms with Crippen LogP contribution >= 0.6 is 11.8 Å². The van der Waals surface area contributed by atoms with Crippen molar-refractivity contribution in [3.05, 3.63) is 88.9 Å². The number of aromatic amines is 1. The Kier molecular flexibility index (Phi) is 4.91. The Bertz CT molecular complexity index is 1420. The summed E-state index contributed by atoms with van der Waals surface area (Å²) in [5, 5.41) is 10.0. The van der Waals surface area contributed by atoms with E-state index in [-0.39, 0.29) is 10.8 Å². The fourth-order valence-electron chi connectivity index (χ4n) is 3.46. The van der Waals surface area contributed by atoms with Crippen LogP contribution in [0.5, 0.6) is 0 Å². The van der Waals surface area contributed by atoms with Crippen molar-refractivity contribution in [2.45, 2.75) is 24.3 Å². The number of aryl methyl sites for hydroxylation is 1. The number of rotatable bonds is 5. The van der Waals surface area contributed by atoms with E-state index in [1.807, 2.05) is 73.0 Å². The summed E-state index contributed by atoms with van der Waals surface area (Å²) in [6, 6.07) is 19.1. The summed E-state index contributed by atoms with van der Waals surface area (Å²) in [6.07, 6.45) is 1.65. The highest BCUT2D eigenvalue weighted by atomic mass is 32.2. The lowest BCUT2D eigenvalue weighted by atomic mass is 10.2. The summed E-state index contributed by atoms with van der Waals surface area (Å²) in [7, 11) is 0. The summed E-state index contributed by atoms with van der Waals surface area (Å²) in [6.45, 7) is 3.89. The van der Waals surface area contributed by atoms with Crippen LogP contribution in [0.2, 0.25) is 0 Å². The number of hydrogen-bond acceptors (Lipinski definition) is 6. The van der Waals surface area contributed by atoms with Gasteiger partial charge in [0.1, 0.15) is 11.6 Å². The van der Waals surface area contributed by atoms with Crippen molar-refractivity contribution in [1.29, 1.82) is 0 Å². The second kappa shape index (κ2) is 7.88. The maximum atomic E-state index is 12.5. The molecule has 0 fully saturated rings. The van der Waals surface area contributed by atoms with Crippen LogP contribution in [0.1, 0.15) is 23.8 Å². The van der Waals surface area contributed by atoms with Crippen molar-refractivity contribution in [1.82, 2.24) is 24.7 Å². The summed E-state index contributed by atoms with van der Waals surface area (Å²) in [4.78, 5) is 20.1. The van der Waals surface area contributed by atoms with Gasteiger partial charge in [-0.3, -0.25) is 9.36 Å². The molecule has 0 amide bonds. The smallest absolute Gasteiger partial charge is 0.258 e. The highest BCUT2D eigenvalue weighted by Gasteiger charge is 2.22. The van der Waals surface area contributed by atoms with Crippen LogP contribution < -0.4 is 5.56 Å². The summed E-state index contributed by atoms with van der Waals surface area (Å²) in [5.41, 5.74) is 2.35. The largest absolute Gasteiger partial charge is 0.469 e. The van der Waals surface area contributed by atoms with Gasteiger partial charge in [-0.25, -0.2) is 4.98 Å². The first-order valence-corrected chi connectivity index (χ1v) is 10.7. The van der Waals surface area contributed by atoms with E-state index in [9.17, 15) is 4.79 Å². The number of nitrogens with zero attached hydrogens (tertiary/aromatic N) is 4. The number of benzene rings is 2. The average molecular weight is 430 g/mol. The van der Waals surface area contributed by atoms with Gasteiger partial charge in [0.25, 0.3) is 5.56 Å². The molecule has 2 aromatic carbocycles. The quantitative estimate of drug-likeness (QED) is 0.399. The predicted molar refractivity (Wildman–Crippen MR) is 120 cm³/mol. The van der Waals surface area contributed by atoms with E-state index in [1.54, 1.807) is 12.3 Å². The molecule has 3 heterocycles. The number of nitrogens with one attached hydrogen (secondary N) is 1. The molecule has 1 unspecified atom stereocenters. The number of H-pyrrole nitrogens is 1. The average Bonchev–Trinajstić information content (AvgIpc) is 3.40. The monoisotopic (exact) mass is 429 g/mol. The highest BCUT2D eigenvalue weighted by Crippen LogP contribution is 2.36. The van der Waals surface area contributed by atoms with E-state index in [1.165, 1.54) is 11.8 Å². The zero-order chi connectivity index (χ0) is 21.4. The molecule has 7 nitrogen and oxygen atoms in total. The van der Waals surface area contributed by atoms with Crippen LogP contribution in [0.25, 0.3) is 28.0 Å². The maximum absolute atomic E-state index is 12.5. The summed E-state index contributed by atoms with van der Waals surface area (Å²) in [5.74, 6) is 2.07. The first-order valence-electron chi connectivity index (χ1n) is 9.83. The van der Waals surface area contributed by atoms with Gasteiger partial charge < -0.3 is 9.40 Å². The Balaban J connectivity index is 1.57. The molecule has 0 saturated carbocycles. The van der Waals surface area contributed by atoms with Gasteiger partial charge >= 0.3 is 0 Å². The predicted octanol–water partition coefficient (Wildman–Crippen LogP) is 4.93. The third-order valence-corrected chi connectivity index (χ3v) is 6.10. The molecule has 154 valence electrons. The van der Waals surface area contributed by atoms with Crippen LogP contribution in [-0.2, 0) is 0 Å². The Morgan fingerprint density at radius 3 is 2.58 bits per heavy atom. The van der Waals surface area contributed by atoms with E-state index in [4.69, 9.17) is 4.42 Å². The first kappa shape index (κ1) is 19.3. The number of para-hydroxylation sites is 2. The molecule has 0 saturated heterocycles. The molecule has 0 bridgehead atoms. The number of hydrogen-bond donors (Lipinski definition) is 1. The second-order valence-corrected chi connectivity index (χ2v) is 8.40. The molecular formula is C23H19N5O2S. The lowest BCUT2D eigenvalue weighted by Crippen LogP contribution is -2.13. The molecule has 0 aliphatic heterocycles. The Hall–Kier alpha value is -3.65. The van der Waals surface area contributed by atoms with Gasteiger partial charge in [-0.1, -0.05) is 42.1 Å². The second-order valence-electron chi connectivity index (χ2n) is 7.10. The maximum Gasteiger partial charge on any atom is 0.258 e. The van der Waals surface area contributed by atoms with Gasteiger partial charge in [-0.2, -0.15) is 0 Å². The number of aromatic nitrogens is 5. The number of fused-ring (bicyclic) bond motifs is 1. The minimum absolute atomic E-state index is 0.146. The molecule has 3 aromatic heterocycles. The van der Waals surface area contributed by atoms with Crippen LogP contribution in [0.15, 0.2) is 81.3 Å². The molecule has 0 aliphatic carbocycles.